The summed E-state index contributed by atoms with van der Waals surface area (Å²) in [4.78, 5) is 32.7. The predicted octanol–water partition coefficient (Wildman–Crippen LogP) is 3.97. The van der Waals surface area contributed by atoms with Crippen molar-refractivity contribution >= 4 is 35.0 Å². The number of halogens is 2. The Morgan fingerprint density at radius 1 is 0.667 bits per heavy atom. The molecule has 0 radical (unpaired) electrons. The van der Waals surface area contributed by atoms with E-state index in [4.69, 9.17) is 32.7 Å². The molecule has 8 nitrogen and oxygen atoms in total. The van der Waals surface area contributed by atoms with Gasteiger partial charge in [0.15, 0.2) is 11.5 Å². The second-order valence-electron chi connectivity index (χ2n) is 9.66. The van der Waals surface area contributed by atoms with Gasteiger partial charge in [0.05, 0.1) is 37.1 Å². The SMILES string of the molecule is C.CN1CCN(C(=O)Cc2ccc(Cl)c(Cl)c2)CC1.COc1ccc(CC(=O)N2CCN(C)CC2)cc1OC. The summed E-state index contributed by atoms with van der Waals surface area (Å²) in [6.07, 6.45) is 0.796. The number of hydrogen-bond acceptors (Lipinski definition) is 6. The Hall–Kier alpha value is -2.52. The number of piperazine rings is 2. The third kappa shape index (κ3) is 9.87. The van der Waals surface area contributed by atoms with Crippen LogP contribution < -0.4 is 9.47 Å². The molecule has 4 rings (SSSR count). The molecule has 2 aliphatic heterocycles. The summed E-state index contributed by atoms with van der Waals surface area (Å²) < 4.78 is 10.5. The summed E-state index contributed by atoms with van der Waals surface area (Å²) in [6.45, 7) is 6.98. The molecule has 0 N–H and O–H groups in total. The molecule has 2 amide bonds. The maximum atomic E-state index is 12.3. The van der Waals surface area contributed by atoms with E-state index >= 15 is 0 Å². The first-order valence-electron chi connectivity index (χ1n) is 12.8. The molecule has 0 aliphatic carbocycles. The minimum Gasteiger partial charge on any atom is -0.493 e. The zero-order valence-electron chi connectivity index (χ0n) is 22.7. The van der Waals surface area contributed by atoms with E-state index in [9.17, 15) is 9.59 Å². The van der Waals surface area contributed by atoms with Crippen LogP contribution in [0.15, 0.2) is 36.4 Å². The Labute approximate surface area is 243 Å². The van der Waals surface area contributed by atoms with Gasteiger partial charge in [0.25, 0.3) is 0 Å². The van der Waals surface area contributed by atoms with Crippen LogP contribution in [0.2, 0.25) is 10.0 Å². The molecule has 0 spiro atoms. The molecule has 0 atom stereocenters. The van der Waals surface area contributed by atoms with Crippen molar-refractivity contribution in [1.82, 2.24) is 19.6 Å². The fourth-order valence-electron chi connectivity index (χ4n) is 4.32. The van der Waals surface area contributed by atoms with Crippen molar-refractivity contribution in [1.29, 1.82) is 0 Å². The van der Waals surface area contributed by atoms with Gasteiger partial charge in [-0.25, -0.2) is 0 Å². The van der Waals surface area contributed by atoms with Gasteiger partial charge in [-0.3, -0.25) is 9.59 Å². The Balaban J connectivity index is 0.000000268. The molecular formula is C29H42Cl2N4O4. The van der Waals surface area contributed by atoms with Crippen LogP contribution >= 0.6 is 23.2 Å². The van der Waals surface area contributed by atoms with E-state index in [1.807, 2.05) is 34.1 Å². The van der Waals surface area contributed by atoms with Gasteiger partial charge in [0.1, 0.15) is 0 Å². The predicted molar refractivity (Wildman–Crippen MR) is 158 cm³/mol. The Bertz CT molecular complexity index is 1080. The highest BCUT2D eigenvalue weighted by atomic mass is 35.5. The summed E-state index contributed by atoms with van der Waals surface area (Å²) in [5, 5.41) is 1.02. The molecule has 2 aromatic carbocycles. The van der Waals surface area contributed by atoms with E-state index in [0.29, 0.717) is 34.4 Å². The smallest absolute Gasteiger partial charge is 0.227 e. The molecule has 0 bridgehead atoms. The number of carbonyl (C=O) groups is 2. The monoisotopic (exact) mass is 580 g/mol. The normalized spacial score (nSPS) is 16.1. The first-order valence-corrected chi connectivity index (χ1v) is 13.5. The van der Waals surface area contributed by atoms with Crippen molar-refractivity contribution in [3.8, 4) is 11.5 Å². The van der Waals surface area contributed by atoms with Gasteiger partial charge >= 0.3 is 0 Å². The van der Waals surface area contributed by atoms with Gasteiger partial charge < -0.3 is 29.1 Å². The summed E-state index contributed by atoms with van der Waals surface area (Å²) in [6, 6.07) is 11.0. The minimum atomic E-state index is 0. The lowest BCUT2D eigenvalue weighted by atomic mass is 10.1. The molecule has 39 heavy (non-hydrogen) atoms. The molecule has 0 unspecified atom stereocenters. The van der Waals surface area contributed by atoms with E-state index in [1.54, 1.807) is 26.4 Å². The first-order chi connectivity index (χ1) is 18.2. The summed E-state index contributed by atoms with van der Waals surface area (Å²) in [7, 11) is 7.35. The van der Waals surface area contributed by atoms with Gasteiger partial charge in [-0.1, -0.05) is 42.8 Å². The van der Waals surface area contributed by atoms with Crippen molar-refractivity contribution in [3.05, 3.63) is 57.6 Å². The van der Waals surface area contributed by atoms with Crippen LogP contribution in [0.25, 0.3) is 0 Å². The van der Waals surface area contributed by atoms with Crippen molar-refractivity contribution in [2.24, 2.45) is 0 Å². The second-order valence-corrected chi connectivity index (χ2v) is 10.5. The third-order valence-electron chi connectivity index (χ3n) is 6.85. The van der Waals surface area contributed by atoms with Crippen LogP contribution in [-0.2, 0) is 22.4 Å². The molecule has 10 heteroatoms. The maximum absolute atomic E-state index is 12.3. The quantitative estimate of drug-likeness (QED) is 0.515. The van der Waals surface area contributed by atoms with Crippen LogP contribution in [0.4, 0.5) is 0 Å². The fraction of sp³-hybridized carbons (Fsp3) is 0.517. The van der Waals surface area contributed by atoms with Crippen LogP contribution in [0.5, 0.6) is 11.5 Å². The van der Waals surface area contributed by atoms with Gasteiger partial charge in [0, 0.05) is 52.4 Å². The van der Waals surface area contributed by atoms with Gasteiger partial charge in [-0.15, -0.1) is 0 Å². The minimum absolute atomic E-state index is 0. The number of amides is 2. The van der Waals surface area contributed by atoms with Gasteiger partial charge in [-0.2, -0.15) is 0 Å². The van der Waals surface area contributed by atoms with E-state index in [0.717, 1.165) is 63.5 Å². The van der Waals surface area contributed by atoms with Crippen molar-refractivity contribution in [2.45, 2.75) is 20.3 Å². The number of nitrogens with zero attached hydrogens (tertiary/aromatic N) is 4. The largest absolute Gasteiger partial charge is 0.493 e. The number of ether oxygens (including phenoxy) is 2. The molecule has 2 saturated heterocycles. The summed E-state index contributed by atoms with van der Waals surface area (Å²) in [5.74, 6) is 1.67. The Morgan fingerprint density at radius 3 is 1.54 bits per heavy atom. The topological polar surface area (TPSA) is 65.6 Å². The van der Waals surface area contributed by atoms with E-state index < -0.39 is 0 Å². The average Bonchev–Trinajstić information content (AvgIpc) is 2.91. The van der Waals surface area contributed by atoms with Crippen molar-refractivity contribution in [2.75, 3.05) is 80.7 Å². The number of carbonyl (C=O) groups excluding carboxylic acids is 2. The number of rotatable bonds is 6. The van der Waals surface area contributed by atoms with Crippen LogP contribution in [0, 0.1) is 0 Å². The lowest BCUT2D eigenvalue weighted by Gasteiger charge is -2.32. The fourth-order valence-corrected chi connectivity index (χ4v) is 4.65. The number of hydrogen-bond donors (Lipinski definition) is 0. The second kappa shape index (κ2) is 15.9. The van der Waals surface area contributed by atoms with Crippen LogP contribution in [0.1, 0.15) is 18.6 Å². The lowest BCUT2D eigenvalue weighted by molar-refractivity contribution is -0.132. The highest BCUT2D eigenvalue weighted by Gasteiger charge is 2.20. The molecule has 0 aromatic heterocycles. The number of benzene rings is 2. The van der Waals surface area contributed by atoms with Crippen molar-refractivity contribution < 1.29 is 19.1 Å². The third-order valence-corrected chi connectivity index (χ3v) is 7.59. The molecule has 0 saturated carbocycles. The Kier molecular flexibility index (Phi) is 13.3. The van der Waals surface area contributed by atoms with Gasteiger partial charge in [0.2, 0.25) is 11.8 Å². The summed E-state index contributed by atoms with van der Waals surface area (Å²) in [5.41, 5.74) is 1.86. The maximum Gasteiger partial charge on any atom is 0.227 e. The highest BCUT2D eigenvalue weighted by molar-refractivity contribution is 6.42. The molecule has 216 valence electrons. The standard InChI is InChI=1S/C15H22N2O3.C13H16Cl2N2O.CH4/c1-16-6-8-17(9-7-16)15(18)11-12-4-5-13(19-2)14(10-12)20-3;1-16-4-6-17(7-5-16)13(18)9-10-2-3-11(14)12(15)8-10;/h4-5,10H,6-9,11H2,1-3H3;2-3,8H,4-7,9H2,1H3;1H4. The number of likely N-dealkylation sites (N-methyl/N-ethyl adjacent to an activating group) is 2. The molecular weight excluding hydrogens is 539 g/mol. The average molecular weight is 582 g/mol. The van der Waals surface area contributed by atoms with Gasteiger partial charge in [-0.05, 0) is 49.5 Å². The number of methoxy groups -OCH3 is 2. The zero-order chi connectivity index (χ0) is 27.7. The molecule has 2 aromatic rings. The molecule has 2 fully saturated rings. The lowest BCUT2D eigenvalue weighted by Crippen LogP contribution is -2.47. The van der Waals surface area contributed by atoms with E-state index in [1.165, 1.54) is 0 Å². The van der Waals surface area contributed by atoms with Crippen molar-refractivity contribution in [3.63, 3.8) is 0 Å². The van der Waals surface area contributed by atoms with Crippen LogP contribution in [0.3, 0.4) is 0 Å². The van der Waals surface area contributed by atoms with E-state index in [-0.39, 0.29) is 19.2 Å². The summed E-state index contributed by atoms with van der Waals surface area (Å²) >= 11 is 11.8. The zero-order valence-corrected chi connectivity index (χ0v) is 24.2. The molecule has 2 aliphatic rings. The first kappa shape index (κ1) is 32.7. The highest BCUT2D eigenvalue weighted by Crippen LogP contribution is 2.28. The Morgan fingerprint density at radius 2 is 1.10 bits per heavy atom. The van der Waals surface area contributed by atoms with Crippen LogP contribution in [-0.4, -0.2) is 112 Å². The van der Waals surface area contributed by atoms with E-state index in [2.05, 4.69) is 23.9 Å². The molecule has 2 heterocycles.